The van der Waals surface area contributed by atoms with Crippen molar-refractivity contribution in [2.75, 3.05) is 13.1 Å². The molecule has 1 aromatic rings. The number of likely N-dealkylation sites (tertiary alicyclic amines) is 1. The van der Waals surface area contributed by atoms with Crippen molar-refractivity contribution >= 4 is 11.8 Å². The summed E-state index contributed by atoms with van der Waals surface area (Å²) in [5.74, 6) is 1.29. The number of amides is 2. The monoisotopic (exact) mass is 386 g/mol. The molecule has 3 aliphatic rings. The van der Waals surface area contributed by atoms with Crippen molar-refractivity contribution in [2.24, 2.45) is 11.8 Å². The molecule has 3 aliphatic heterocycles. The number of aromatic amines is 1. The summed E-state index contributed by atoms with van der Waals surface area (Å²) in [7, 11) is 0. The average molecular weight is 386 g/mol. The molecule has 0 radical (unpaired) electrons. The highest BCUT2D eigenvalue weighted by Gasteiger charge is 2.49. The molecule has 0 saturated carbocycles. The van der Waals surface area contributed by atoms with Crippen LogP contribution in [-0.4, -0.2) is 57.0 Å². The molecule has 3 saturated heterocycles. The molecule has 4 rings (SSSR count). The van der Waals surface area contributed by atoms with Crippen molar-refractivity contribution < 1.29 is 9.59 Å². The topological polar surface area (TPSA) is 86.4 Å². The molecule has 7 heteroatoms. The van der Waals surface area contributed by atoms with Gasteiger partial charge in [0.1, 0.15) is 0 Å². The first-order valence-electron chi connectivity index (χ1n) is 10.7. The predicted octanol–water partition coefficient (Wildman–Crippen LogP) is 1.73. The van der Waals surface area contributed by atoms with Crippen LogP contribution in [0.1, 0.15) is 57.6 Å². The van der Waals surface area contributed by atoms with E-state index < -0.39 is 0 Å². The van der Waals surface area contributed by atoms with E-state index in [2.05, 4.69) is 22.0 Å². The maximum absolute atomic E-state index is 12.9. The number of nitrogens with zero attached hydrogens (tertiary/aromatic N) is 3. The minimum absolute atomic E-state index is 0.161. The van der Waals surface area contributed by atoms with Crippen molar-refractivity contribution in [3.63, 3.8) is 0 Å². The lowest BCUT2D eigenvalue weighted by molar-refractivity contribution is -0.156. The van der Waals surface area contributed by atoms with Gasteiger partial charge < -0.3 is 9.80 Å². The summed E-state index contributed by atoms with van der Waals surface area (Å²) in [6.07, 6.45) is 6.92. The quantitative estimate of drug-likeness (QED) is 0.835. The molecule has 3 fully saturated rings. The van der Waals surface area contributed by atoms with Gasteiger partial charge in [-0.1, -0.05) is 13.3 Å². The third-order valence-electron chi connectivity index (χ3n) is 6.77. The normalized spacial score (nSPS) is 29.5. The maximum Gasteiger partial charge on any atom is 0.264 e. The number of hydrogen-bond donors (Lipinski definition) is 1. The average Bonchev–Trinajstić information content (AvgIpc) is 2.70. The van der Waals surface area contributed by atoms with E-state index in [9.17, 15) is 14.4 Å². The van der Waals surface area contributed by atoms with E-state index in [1.165, 1.54) is 6.07 Å². The summed E-state index contributed by atoms with van der Waals surface area (Å²) < 4.78 is 0. The molecule has 0 aromatic carbocycles. The van der Waals surface area contributed by atoms with Gasteiger partial charge in [-0.25, -0.2) is 5.10 Å². The molecule has 0 aliphatic carbocycles. The molecule has 7 nitrogen and oxygen atoms in total. The first-order valence-corrected chi connectivity index (χ1v) is 10.7. The summed E-state index contributed by atoms with van der Waals surface area (Å²) >= 11 is 0. The Balaban J connectivity index is 1.44. The van der Waals surface area contributed by atoms with Crippen LogP contribution in [0.2, 0.25) is 0 Å². The van der Waals surface area contributed by atoms with Crippen molar-refractivity contribution in [1.29, 1.82) is 0 Å². The van der Waals surface area contributed by atoms with Crippen LogP contribution in [0.15, 0.2) is 16.9 Å². The maximum atomic E-state index is 12.9. The Morgan fingerprint density at radius 1 is 1.25 bits per heavy atom. The van der Waals surface area contributed by atoms with E-state index in [0.29, 0.717) is 43.0 Å². The van der Waals surface area contributed by atoms with E-state index >= 15 is 0 Å². The van der Waals surface area contributed by atoms with Gasteiger partial charge >= 0.3 is 0 Å². The Morgan fingerprint density at radius 2 is 2.07 bits per heavy atom. The highest BCUT2D eigenvalue weighted by molar-refractivity contribution is 5.79. The molecule has 2 amide bonds. The molecular formula is C21H30N4O3. The fourth-order valence-corrected chi connectivity index (χ4v) is 5.55. The molecule has 0 unspecified atom stereocenters. The van der Waals surface area contributed by atoms with Gasteiger partial charge in [-0.05, 0) is 43.6 Å². The number of carbonyl (C=O) groups is 2. The number of H-pyrrole nitrogens is 1. The van der Waals surface area contributed by atoms with Crippen molar-refractivity contribution in [3.05, 3.63) is 28.2 Å². The summed E-state index contributed by atoms with van der Waals surface area (Å²) in [6, 6.07) is 3.73. The zero-order valence-electron chi connectivity index (χ0n) is 16.6. The number of fused-ring (bicyclic) bond motifs is 4. The van der Waals surface area contributed by atoms with Gasteiger partial charge in [0.2, 0.25) is 11.8 Å². The number of aromatic nitrogens is 2. The first kappa shape index (κ1) is 19.2. The third-order valence-corrected chi connectivity index (χ3v) is 6.77. The van der Waals surface area contributed by atoms with E-state index in [-0.39, 0.29) is 17.5 Å². The van der Waals surface area contributed by atoms with Crippen LogP contribution in [0.5, 0.6) is 0 Å². The molecule has 0 spiro atoms. The summed E-state index contributed by atoms with van der Waals surface area (Å²) in [6.45, 7) is 3.70. The predicted molar refractivity (Wildman–Crippen MR) is 105 cm³/mol. The van der Waals surface area contributed by atoms with Crippen LogP contribution < -0.4 is 5.56 Å². The van der Waals surface area contributed by atoms with Crippen LogP contribution in [0, 0.1) is 11.8 Å². The first-order chi connectivity index (χ1) is 13.6. The fourth-order valence-electron chi connectivity index (χ4n) is 5.55. The Kier molecular flexibility index (Phi) is 5.51. The Morgan fingerprint density at radius 3 is 2.82 bits per heavy atom. The van der Waals surface area contributed by atoms with E-state index in [1.54, 1.807) is 6.07 Å². The molecule has 152 valence electrons. The Bertz CT molecular complexity index is 772. The van der Waals surface area contributed by atoms with Gasteiger partial charge in [0.25, 0.3) is 5.56 Å². The van der Waals surface area contributed by atoms with E-state index in [4.69, 9.17) is 0 Å². The number of nitrogens with one attached hydrogen (secondary N) is 1. The van der Waals surface area contributed by atoms with Crippen LogP contribution in [0.3, 0.4) is 0 Å². The zero-order valence-corrected chi connectivity index (χ0v) is 16.6. The van der Waals surface area contributed by atoms with E-state index in [0.717, 1.165) is 50.9 Å². The number of piperidine rings is 3. The van der Waals surface area contributed by atoms with Crippen LogP contribution >= 0.6 is 0 Å². The third kappa shape index (κ3) is 3.71. The smallest absolute Gasteiger partial charge is 0.264 e. The second kappa shape index (κ2) is 8.05. The standard InChI is InChI=1S/C21H30N4O3/c1-2-4-17-14-11-15(18-5-3-6-21(28)25(17)18)13-24(12-14)20(27)10-8-16-7-9-19(26)23-22-16/h7,9,14-15,17-18H,2-6,8,10-13H2,1H3,(H,23,26)/t14-,15+,17-,18-/m0/s1. The van der Waals surface area contributed by atoms with Crippen molar-refractivity contribution in [1.82, 2.24) is 20.0 Å². The van der Waals surface area contributed by atoms with Gasteiger partial charge in [0, 0.05) is 50.5 Å². The second-order valence-electron chi connectivity index (χ2n) is 8.58. The van der Waals surface area contributed by atoms with Crippen LogP contribution in [0.25, 0.3) is 0 Å². The Hall–Kier alpha value is -2.18. The highest BCUT2D eigenvalue weighted by atomic mass is 16.2. The van der Waals surface area contributed by atoms with Gasteiger partial charge in [0.05, 0.1) is 5.69 Å². The second-order valence-corrected chi connectivity index (χ2v) is 8.58. The summed E-state index contributed by atoms with van der Waals surface area (Å²) in [4.78, 5) is 40.9. The molecule has 1 aromatic heterocycles. The van der Waals surface area contributed by atoms with Crippen LogP contribution in [-0.2, 0) is 16.0 Å². The molecule has 4 atom stereocenters. The number of hydrogen-bond acceptors (Lipinski definition) is 4. The molecule has 4 heterocycles. The lowest BCUT2D eigenvalue weighted by Gasteiger charge is -2.56. The largest absolute Gasteiger partial charge is 0.342 e. The van der Waals surface area contributed by atoms with Gasteiger partial charge in [-0.2, -0.15) is 5.10 Å². The summed E-state index contributed by atoms with van der Waals surface area (Å²) in [5, 5.41) is 6.42. The SMILES string of the molecule is CCC[C@H]1[C@H]2C[C@H](CN(C(=O)CCc3ccc(=O)[nH]n3)C2)[C@@H]2CCCC(=O)N21. The highest BCUT2D eigenvalue weighted by Crippen LogP contribution is 2.43. The minimum atomic E-state index is -0.229. The number of carbonyl (C=O) groups excluding carboxylic acids is 2. The van der Waals surface area contributed by atoms with E-state index in [1.807, 2.05) is 4.90 Å². The van der Waals surface area contributed by atoms with Crippen LogP contribution in [0.4, 0.5) is 0 Å². The van der Waals surface area contributed by atoms with Gasteiger partial charge in [-0.3, -0.25) is 14.4 Å². The zero-order chi connectivity index (χ0) is 19.7. The van der Waals surface area contributed by atoms with Gasteiger partial charge in [-0.15, -0.1) is 0 Å². The van der Waals surface area contributed by atoms with Crippen molar-refractivity contribution in [3.8, 4) is 0 Å². The Labute approximate surface area is 165 Å². The lowest BCUT2D eigenvalue weighted by Crippen LogP contribution is -2.65. The van der Waals surface area contributed by atoms with Gasteiger partial charge in [0.15, 0.2) is 0 Å². The lowest BCUT2D eigenvalue weighted by atomic mass is 9.71. The molecular weight excluding hydrogens is 356 g/mol. The molecule has 1 N–H and O–H groups in total. The number of aryl methyl sites for hydroxylation is 1. The fraction of sp³-hybridized carbons (Fsp3) is 0.714. The van der Waals surface area contributed by atoms with Crippen molar-refractivity contribution in [2.45, 2.75) is 70.4 Å². The minimum Gasteiger partial charge on any atom is -0.342 e. The molecule has 2 bridgehead atoms. The summed E-state index contributed by atoms with van der Waals surface area (Å²) in [5.41, 5.74) is 0.505. The molecule has 28 heavy (non-hydrogen) atoms. The number of rotatable bonds is 5.